The first-order valence-corrected chi connectivity index (χ1v) is 6.28. The monoisotopic (exact) mass is 258 g/mol. The minimum Gasteiger partial charge on any atom is -0.480 e. The molecule has 1 rings (SSSR count). The van der Waals surface area contributed by atoms with Crippen LogP contribution in [0, 0.1) is 0 Å². The molecule has 1 unspecified atom stereocenters. The number of likely N-dealkylation sites (N-methyl/N-ethyl adjacent to an activating group) is 1. The first-order chi connectivity index (χ1) is 8.46. The number of amides is 2. The fraction of sp³-hybridized carbons (Fsp3) is 0.833. The Morgan fingerprint density at radius 1 is 1.50 bits per heavy atom. The lowest BCUT2D eigenvalue weighted by molar-refractivity contribution is -0.148. The van der Waals surface area contributed by atoms with Gasteiger partial charge in [0.1, 0.15) is 5.54 Å². The zero-order valence-corrected chi connectivity index (χ0v) is 11.2. The van der Waals surface area contributed by atoms with E-state index in [-0.39, 0.29) is 12.1 Å². The lowest BCUT2D eigenvalue weighted by Gasteiger charge is -2.40. The van der Waals surface area contributed by atoms with Gasteiger partial charge in [-0.3, -0.25) is 0 Å². The highest BCUT2D eigenvalue weighted by Crippen LogP contribution is 2.32. The van der Waals surface area contributed by atoms with E-state index < -0.39 is 11.5 Å². The van der Waals surface area contributed by atoms with Crippen molar-refractivity contribution in [1.29, 1.82) is 0 Å². The van der Waals surface area contributed by atoms with E-state index in [4.69, 9.17) is 4.74 Å². The van der Waals surface area contributed by atoms with E-state index in [0.29, 0.717) is 26.0 Å². The molecule has 1 aliphatic carbocycles. The van der Waals surface area contributed by atoms with Crippen molar-refractivity contribution in [3.63, 3.8) is 0 Å². The zero-order chi connectivity index (χ0) is 13.8. The molecule has 0 bridgehead atoms. The molecule has 0 heterocycles. The van der Waals surface area contributed by atoms with Crippen molar-refractivity contribution in [2.24, 2.45) is 0 Å². The predicted molar refractivity (Wildman–Crippen MR) is 66.5 cm³/mol. The van der Waals surface area contributed by atoms with Crippen molar-refractivity contribution in [3.05, 3.63) is 0 Å². The maximum atomic E-state index is 12.1. The molecule has 6 nitrogen and oxygen atoms in total. The SMILES string of the molecule is CCN(C(=O)NC1(C(=O)O)CCC1)C(C)COC. The number of rotatable bonds is 6. The second-order valence-corrected chi connectivity index (χ2v) is 4.76. The number of urea groups is 1. The summed E-state index contributed by atoms with van der Waals surface area (Å²) in [6.45, 7) is 4.69. The second kappa shape index (κ2) is 6.04. The standard InChI is InChI=1S/C12H22N2O4/c1-4-14(9(2)8-18-3)11(17)13-12(10(15)16)6-5-7-12/h9H,4-8H2,1-3H3,(H,13,17)(H,15,16). The van der Waals surface area contributed by atoms with Crippen molar-refractivity contribution in [3.8, 4) is 0 Å². The molecule has 1 aliphatic rings. The summed E-state index contributed by atoms with van der Waals surface area (Å²) >= 11 is 0. The number of carbonyl (C=O) groups excluding carboxylic acids is 1. The molecule has 0 radical (unpaired) electrons. The third-order valence-electron chi connectivity index (χ3n) is 3.50. The van der Waals surface area contributed by atoms with Gasteiger partial charge in [0, 0.05) is 13.7 Å². The molecule has 2 amide bonds. The van der Waals surface area contributed by atoms with Crippen LogP contribution in [0.15, 0.2) is 0 Å². The van der Waals surface area contributed by atoms with E-state index in [1.165, 1.54) is 0 Å². The lowest BCUT2D eigenvalue weighted by Crippen LogP contribution is -2.62. The number of carboxylic acids is 1. The molecule has 0 aromatic carbocycles. The van der Waals surface area contributed by atoms with E-state index in [2.05, 4.69) is 5.32 Å². The van der Waals surface area contributed by atoms with Gasteiger partial charge in [-0.05, 0) is 33.1 Å². The van der Waals surface area contributed by atoms with E-state index in [9.17, 15) is 14.7 Å². The Labute approximate surface area is 107 Å². The summed E-state index contributed by atoms with van der Waals surface area (Å²) in [7, 11) is 1.58. The van der Waals surface area contributed by atoms with Gasteiger partial charge >= 0.3 is 12.0 Å². The average Bonchev–Trinajstić information content (AvgIpc) is 2.24. The maximum absolute atomic E-state index is 12.1. The average molecular weight is 258 g/mol. The van der Waals surface area contributed by atoms with E-state index in [1.54, 1.807) is 12.0 Å². The fourth-order valence-corrected chi connectivity index (χ4v) is 2.19. The number of aliphatic carboxylic acids is 1. The van der Waals surface area contributed by atoms with Gasteiger partial charge in [-0.2, -0.15) is 0 Å². The minimum absolute atomic E-state index is 0.0779. The molecule has 104 valence electrons. The molecule has 0 spiro atoms. The Balaban J connectivity index is 2.64. The van der Waals surface area contributed by atoms with Crippen molar-refractivity contribution in [2.45, 2.75) is 44.7 Å². The normalized spacial score (nSPS) is 18.6. The van der Waals surface area contributed by atoms with Gasteiger partial charge in [0.25, 0.3) is 0 Å². The first kappa shape index (κ1) is 14.8. The molecular formula is C12H22N2O4. The zero-order valence-electron chi connectivity index (χ0n) is 11.2. The maximum Gasteiger partial charge on any atom is 0.329 e. The summed E-state index contributed by atoms with van der Waals surface area (Å²) in [6.07, 6.45) is 1.85. The Morgan fingerprint density at radius 2 is 2.11 bits per heavy atom. The smallest absolute Gasteiger partial charge is 0.329 e. The third-order valence-corrected chi connectivity index (χ3v) is 3.50. The fourth-order valence-electron chi connectivity index (χ4n) is 2.19. The van der Waals surface area contributed by atoms with Gasteiger partial charge in [-0.15, -0.1) is 0 Å². The molecule has 1 fully saturated rings. The van der Waals surface area contributed by atoms with Crippen molar-refractivity contribution in [1.82, 2.24) is 10.2 Å². The molecule has 2 N–H and O–H groups in total. The third kappa shape index (κ3) is 2.93. The van der Waals surface area contributed by atoms with Gasteiger partial charge in [0.2, 0.25) is 0 Å². The number of ether oxygens (including phenoxy) is 1. The first-order valence-electron chi connectivity index (χ1n) is 6.28. The Kier molecular flexibility index (Phi) is 4.95. The van der Waals surface area contributed by atoms with Crippen LogP contribution in [0.2, 0.25) is 0 Å². The number of nitrogens with zero attached hydrogens (tertiary/aromatic N) is 1. The number of hydrogen-bond donors (Lipinski definition) is 2. The highest BCUT2D eigenvalue weighted by atomic mass is 16.5. The van der Waals surface area contributed by atoms with E-state index in [1.807, 2.05) is 13.8 Å². The van der Waals surface area contributed by atoms with Crippen LogP contribution in [0.4, 0.5) is 4.79 Å². The summed E-state index contributed by atoms with van der Waals surface area (Å²) in [5.41, 5.74) is -1.06. The van der Waals surface area contributed by atoms with Gasteiger partial charge in [0.05, 0.1) is 12.6 Å². The summed E-state index contributed by atoms with van der Waals surface area (Å²) in [5.74, 6) is -0.947. The molecule has 0 saturated heterocycles. The predicted octanol–water partition coefficient (Wildman–Crippen LogP) is 1.06. The van der Waals surface area contributed by atoms with Gasteiger partial charge in [-0.25, -0.2) is 9.59 Å². The quantitative estimate of drug-likeness (QED) is 0.746. The second-order valence-electron chi connectivity index (χ2n) is 4.76. The van der Waals surface area contributed by atoms with Crippen molar-refractivity contribution in [2.75, 3.05) is 20.3 Å². The Bertz CT molecular complexity index is 315. The molecule has 0 aromatic heterocycles. The summed E-state index contributed by atoms with van der Waals surface area (Å²) in [5, 5.41) is 11.8. The van der Waals surface area contributed by atoms with Gasteiger partial charge < -0.3 is 20.1 Å². The number of methoxy groups -OCH3 is 1. The topological polar surface area (TPSA) is 78.9 Å². The summed E-state index contributed by atoms with van der Waals surface area (Å²) in [6, 6.07) is -0.407. The Hall–Kier alpha value is -1.30. The van der Waals surface area contributed by atoms with Crippen LogP contribution >= 0.6 is 0 Å². The van der Waals surface area contributed by atoms with Gasteiger partial charge in [-0.1, -0.05) is 0 Å². The summed E-state index contributed by atoms with van der Waals surface area (Å²) < 4.78 is 5.02. The largest absolute Gasteiger partial charge is 0.480 e. The van der Waals surface area contributed by atoms with E-state index >= 15 is 0 Å². The number of carboxylic acid groups (broad SMARTS) is 1. The van der Waals surface area contributed by atoms with Crippen molar-refractivity contribution >= 4 is 12.0 Å². The van der Waals surface area contributed by atoms with Crippen LogP contribution < -0.4 is 5.32 Å². The van der Waals surface area contributed by atoms with Crippen molar-refractivity contribution < 1.29 is 19.4 Å². The van der Waals surface area contributed by atoms with E-state index in [0.717, 1.165) is 6.42 Å². The number of nitrogens with one attached hydrogen (secondary N) is 1. The minimum atomic E-state index is -1.06. The Morgan fingerprint density at radius 3 is 2.44 bits per heavy atom. The highest BCUT2D eigenvalue weighted by molar-refractivity contribution is 5.87. The molecule has 0 aliphatic heterocycles. The van der Waals surface area contributed by atoms with Crippen LogP contribution in [-0.4, -0.2) is 53.8 Å². The van der Waals surface area contributed by atoms with Crippen LogP contribution in [0.1, 0.15) is 33.1 Å². The molecular weight excluding hydrogens is 236 g/mol. The number of hydrogen-bond acceptors (Lipinski definition) is 3. The molecule has 1 saturated carbocycles. The summed E-state index contributed by atoms with van der Waals surface area (Å²) in [4.78, 5) is 24.9. The van der Waals surface area contributed by atoms with Crippen LogP contribution in [0.3, 0.4) is 0 Å². The van der Waals surface area contributed by atoms with Crippen LogP contribution in [0.5, 0.6) is 0 Å². The number of carbonyl (C=O) groups is 2. The van der Waals surface area contributed by atoms with Crippen LogP contribution in [0.25, 0.3) is 0 Å². The molecule has 1 atom stereocenters. The molecule has 0 aromatic rings. The van der Waals surface area contributed by atoms with Gasteiger partial charge in [0.15, 0.2) is 0 Å². The molecule has 6 heteroatoms. The molecule has 18 heavy (non-hydrogen) atoms. The highest BCUT2D eigenvalue weighted by Gasteiger charge is 2.46. The van der Waals surface area contributed by atoms with Crippen LogP contribution in [-0.2, 0) is 9.53 Å². The lowest BCUT2D eigenvalue weighted by atomic mass is 9.77.